The average molecular weight is 283 g/mol. The first-order valence-electron chi connectivity index (χ1n) is 6.60. The van der Waals surface area contributed by atoms with Gasteiger partial charge < -0.3 is 10.5 Å². The van der Waals surface area contributed by atoms with Crippen LogP contribution in [0.4, 0.5) is 5.95 Å². The third-order valence-corrected chi connectivity index (χ3v) is 4.40. The van der Waals surface area contributed by atoms with Crippen LogP contribution in [-0.2, 0) is 12.8 Å². The van der Waals surface area contributed by atoms with Gasteiger partial charge in [-0.1, -0.05) is 6.07 Å². The lowest BCUT2D eigenvalue weighted by Gasteiger charge is -2.08. The highest BCUT2D eigenvalue weighted by Gasteiger charge is 2.13. The number of anilines is 1. The van der Waals surface area contributed by atoms with Gasteiger partial charge in [0, 0.05) is 0 Å². The Bertz CT molecular complexity index is 797. The number of fused-ring (bicyclic) bond motifs is 2. The SMILES string of the molecule is Nc1nc(Oc2ccc3c(c2)CCC3)c2ccsc2n1. The molecule has 1 aliphatic rings. The fourth-order valence-corrected chi connectivity index (χ4v) is 3.41. The Labute approximate surface area is 120 Å². The number of thiophene rings is 1. The molecule has 0 radical (unpaired) electrons. The number of hydrogen-bond acceptors (Lipinski definition) is 5. The fourth-order valence-electron chi connectivity index (χ4n) is 2.65. The molecule has 1 aliphatic carbocycles. The molecule has 1 aromatic carbocycles. The second kappa shape index (κ2) is 4.45. The molecular weight excluding hydrogens is 270 g/mol. The topological polar surface area (TPSA) is 61.0 Å². The Morgan fingerprint density at radius 2 is 2.00 bits per heavy atom. The van der Waals surface area contributed by atoms with Gasteiger partial charge in [0.15, 0.2) is 0 Å². The molecule has 4 rings (SSSR count). The van der Waals surface area contributed by atoms with Crippen molar-refractivity contribution in [3.05, 3.63) is 40.8 Å². The maximum atomic E-state index is 5.93. The smallest absolute Gasteiger partial charge is 0.232 e. The molecule has 0 bridgehead atoms. The van der Waals surface area contributed by atoms with Crippen LogP contribution in [0.2, 0.25) is 0 Å². The second-order valence-electron chi connectivity index (χ2n) is 4.91. The maximum Gasteiger partial charge on any atom is 0.232 e. The number of hydrogen-bond donors (Lipinski definition) is 1. The summed E-state index contributed by atoms with van der Waals surface area (Å²) in [5, 5.41) is 2.87. The summed E-state index contributed by atoms with van der Waals surface area (Å²) < 4.78 is 5.93. The Morgan fingerprint density at radius 3 is 2.95 bits per heavy atom. The van der Waals surface area contributed by atoms with Gasteiger partial charge in [-0.15, -0.1) is 11.3 Å². The van der Waals surface area contributed by atoms with Gasteiger partial charge >= 0.3 is 0 Å². The van der Waals surface area contributed by atoms with Crippen molar-refractivity contribution in [2.45, 2.75) is 19.3 Å². The molecule has 5 heteroatoms. The van der Waals surface area contributed by atoms with E-state index in [2.05, 4.69) is 22.1 Å². The van der Waals surface area contributed by atoms with Gasteiger partial charge in [0.1, 0.15) is 10.6 Å². The molecule has 2 aromatic heterocycles. The van der Waals surface area contributed by atoms with E-state index in [9.17, 15) is 0 Å². The highest BCUT2D eigenvalue weighted by Crippen LogP contribution is 2.33. The van der Waals surface area contributed by atoms with E-state index in [1.54, 1.807) is 0 Å². The van der Waals surface area contributed by atoms with Crippen molar-refractivity contribution >= 4 is 27.5 Å². The maximum absolute atomic E-state index is 5.93. The van der Waals surface area contributed by atoms with Gasteiger partial charge in [-0.05, 0) is 54.0 Å². The first kappa shape index (κ1) is 11.7. The summed E-state index contributed by atoms with van der Waals surface area (Å²) >= 11 is 1.54. The number of aryl methyl sites for hydroxylation is 2. The minimum Gasteiger partial charge on any atom is -0.438 e. The predicted octanol–water partition coefficient (Wildman–Crippen LogP) is 3.55. The van der Waals surface area contributed by atoms with Gasteiger partial charge in [-0.3, -0.25) is 0 Å². The highest BCUT2D eigenvalue weighted by molar-refractivity contribution is 7.16. The summed E-state index contributed by atoms with van der Waals surface area (Å²) in [4.78, 5) is 9.27. The number of nitrogen functional groups attached to an aromatic ring is 1. The number of ether oxygens (including phenoxy) is 1. The molecule has 100 valence electrons. The van der Waals surface area contributed by atoms with Crippen LogP contribution in [0.25, 0.3) is 10.2 Å². The van der Waals surface area contributed by atoms with Crippen molar-refractivity contribution in [1.82, 2.24) is 9.97 Å². The third kappa shape index (κ3) is 1.91. The molecular formula is C15H13N3OS. The largest absolute Gasteiger partial charge is 0.438 e. The van der Waals surface area contributed by atoms with Gasteiger partial charge in [-0.2, -0.15) is 4.98 Å². The Hall–Kier alpha value is -2.14. The zero-order valence-corrected chi connectivity index (χ0v) is 11.6. The Kier molecular flexibility index (Phi) is 2.60. The quantitative estimate of drug-likeness (QED) is 0.781. The van der Waals surface area contributed by atoms with Crippen LogP contribution in [0.15, 0.2) is 29.6 Å². The normalized spacial score (nSPS) is 13.6. The summed E-state index contributed by atoms with van der Waals surface area (Å²) in [7, 11) is 0. The monoisotopic (exact) mass is 283 g/mol. The second-order valence-corrected chi connectivity index (χ2v) is 5.81. The zero-order valence-electron chi connectivity index (χ0n) is 10.8. The zero-order chi connectivity index (χ0) is 13.5. The van der Waals surface area contributed by atoms with Crippen LogP contribution in [0.5, 0.6) is 11.6 Å². The minimum atomic E-state index is 0.246. The van der Waals surface area contributed by atoms with Gasteiger partial charge in [0.2, 0.25) is 11.8 Å². The molecule has 0 fully saturated rings. The van der Waals surface area contributed by atoms with Gasteiger partial charge in [-0.25, -0.2) is 4.98 Å². The lowest BCUT2D eigenvalue weighted by atomic mass is 10.1. The molecule has 0 saturated carbocycles. The van der Waals surface area contributed by atoms with Crippen LogP contribution in [0, 0.1) is 0 Å². The minimum absolute atomic E-state index is 0.246. The number of rotatable bonds is 2. The van der Waals surface area contributed by atoms with Crippen LogP contribution < -0.4 is 10.5 Å². The third-order valence-electron chi connectivity index (χ3n) is 3.59. The number of nitrogens with two attached hydrogens (primary N) is 1. The summed E-state index contributed by atoms with van der Waals surface area (Å²) in [6.07, 6.45) is 3.53. The van der Waals surface area contributed by atoms with Crippen molar-refractivity contribution in [3.8, 4) is 11.6 Å². The lowest BCUT2D eigenvalue weighted by molar-refractivity contribution is 0.469. The van der Waals surface area contributed by atoms with E-state index in [0.717, 1.165) is 22.4 Å². The molecule has 0 aliphatic heterocycles. The van der Waals surface area contributed by atoms with E-state index in [1.165, 1.54) is 35.3 Å². The Balaban J connectivity index is 1.75. The van der Waals surface area contributed by atoms with Gasteiger partial charge in [0.05, 0.1) is 5.39 Å². The van der Waals surface area contributed by atoms with Crippen molar-refractivity contribution in [1.29, 1.82) is 0 Å². The van der Waals surface area contributed by atoms with Crippen LogP contribution in [-0.4, -0.2) is 9.97 Å². The standard InChI is InChI=1S/C15H13N3OS/c16-15-17-13(12-6-7-20-14(12)18-15)19-11-5-4-9-2-1-3-10(9)8-11/h4-8H,1-3H2,(H2,16,17,18). The van der Waals surface area contributed by atoms with Crippen LogP contribution in [0.3, 0.4) is 0 Å². The molecule has 20 heavy (non-hydrogen) atoms. The number of benzene rings is 1. The first-order chi connectivity index (χ1) is 9.79. The lowest BCUT2D eigenvalue weighted by Crippen LogP contribution is -1.97. The van der Waals surface area contributed by atoms with Crippen molar-refractivity contribution in [2.75, 3.05) is 5.73 Å². The fraction of sp³-hybridized carbons (Fsp3) is 0.200. The summed E-state index contributed by atoms with van der Waals surface area (Å²) in [6, 6.07) is 8.22. The number of aromatic nitrogens is 2. The van der Waals surface area contributed by atoms with E-state index >= 15 is 0 Å². The molecule has 4 nitrogen and oxygen atoms in total. The van der Waals surface area contributed by atoms with E-state index in [4.69, 9.17) is 10.5 Å². The average Bonchev–Trinajstić information content (AvgIpc) is 3.05. The molecule has 0 saturated heterocycles. The van der Waals surface area contributed by atoms with E-state index in [-0.39, 0.29) is 5.95 Å². The molecule has 0 amide bonds. The van der Waals surface area contributed by atoms with E-state index in [1.807, 2.05) is 17.5 Å². The molecule has 0 unspecified atom stereocenters. The molecule has 2 heterocycles. The number of nitrogens with zero attached hydrogens (tertiary/aromatic N) is 2. The summed E-state index contributed by atoms with van der Waals surface area (Å²) in [6.45, 7) is 0. The van der Waals surface area contributed by atoms with Gasteiger partial charge in [0.25, 0.3) is 0 Å². The van der Waals surface area contributed by atoms with Crippen molar-refractivity contribution in [2.24, 2.45) is 0 Å². The van der Waals surface area contributed by atoms with Crippen molar-refractivity contribution in [3.63, 3.8) is 0 Å². The molecule has 0 spiro atoms. The first-order valence-corrected chi connectivity index (χ1v) is 7.48. The highest BCUT2D eigenvalue weighted by atomic mass is 32.1. The molecule has 3 aromatic rings. The van der Waals surface area contributed by atoms with E-state index in [0.29, 0.717) is 5.88 Å². The molecule has 2 N–H and O–H groups in total. The summed E-state index contributed by atoms with van der Waals surface area (Å²) in [5.74, 6) is 1.60. The van der Waals surface area contributed by atoms with E-state index < -0.39 is 0 Å². The van der Waals surface area contributed by atoms with Crippen LogP contribution in [0.1, 0.15) is 17.5 Å². The summed E-state index contributed by atoms with van der Waals surface area (Å²) in [5.41, 5.74) is 8.54. The molecule has 0 atom stereocenters. The van der Waals surface area contributed by atoms with Crippen molar-refractivity contribution < 1.29 is 4.74 Å². The predicted molar refractivity (Wildman–Crippen MR) is 80.4 cm³/mol. The van der Waals surface area contributed by atoms with Crippen LogP contribution >= 0.6 is 11.3 Å². The Morgan fingerprint density at radius 1 is 1.10 bits per heavy atom.